The lowest BCUT2D eigenvalue weighted by molar-refractivity contribution is -0.136. The second-order valence-electron chi connectivity index (χ2n) is 4.53. The zero-order chi connectivity index (χ0) is 15.2. The number of aromatic nitrogens is 1. The van der Waals surface area contributed by atoms with Crippen molar-refractivity contribution in [3.63, 3.8) is 0 Å². The van der Waals surface area contributed by atoms with Gasteiger partial charge < -0.3 is 15.4 Å². The van der Waals surface area contributed by atoms with Gasteiger partial charge in [0.1, 0.15) is 0 Å². The third-order valence-corrected chi connectivity index (χ3v) is 2.89. The Hall–Kier alpha value is -2.47. The van der Waals surface area contributed by atoms with Crippen LogP contribution in [-0.2, 0) is 14.3 Å². The summed E-state index contributed by atoms with van der Waals surface area (Å²) in [6, 6.07) is 9.17. The molecule has 2 aromatic rings. The van der Waals surface area contributed by atoms with Gasteiger partial charge in [0.2, 0.25) is 0 Å². The maximum Gasteiger partial charge on any atom is 0.313 e. The molecular formula is C15H17N3O3. The number of nitrogens with zero attached hydrogens (tertiary/aromatic N) is 1. The van der Waals surface area contributed by atoms with Crippen molar-refractivity contribution in [2.24, 2.45) is 0 Å². The first-order valence-electron chi connectivity index (χ1n) is 6.56. The molecule has 6 heteroatoms. The molecule has 2 rings (SSSR count). The molecule has 0 unspecified atom stereocenters. The Kier molecular flexibility index (Phi) is 4.84. The van der Waals surface area contributed by atoms with Crippen molar-refractivity contribution < 1.29 is 14.3 Å². The zero-order valence-corrected chi connectivity index (χ0v) is 12.0. The lowest BCUT2D eigenvalue weighted by Gasteiger charge is -2.09. The van der Waals surface area contributed by atoms with E-state index in [-0.39, 0.29) is 0 Å². The van der Waals surface area contributed by atoms with Crippen LogP contribution in [0.1, 0.15) is 5.69 Å². The van der Waals surface area contributed by atoms with Gasteiger partial charge in [0, 0.05) is 24.7 Å². The zero-order valence-electron chi connectivity index (χ0n) is 12.0. The lowest BCUT2D eigenvalue weighted by atomic mass is 10.1. The minimum atomic E-state index is -0.707. The Labute approximate surface area is 122 Å². The van der Waals surface area contributed by atoms with E-state index >= 15 is 0 Å². The van der Waals surface area contributed by atoms with E-state index in [0.717, 1.165) is 16.6 Å². The van der Waals surface area contributed by atoms with Crippen molar-refractivity contribution in [1.29, 1.82) is 0 Å². The number of ether oxygens (including phenoxy) is 1. The van der Waals surface area contributed by atoms with Crippen LogP contribution < -0.4 is 10.6 Å². The maximum atomic E-state index is 11.9. The molecule has 110 valence electrons. The molecule has 0 bridgehead atoms. The van der Waals surface area contributed by atoms with Crippen molar-refractivity contribution in [2.75, 3.05) is 25.6 Å². The number of carbonyl (C=O) groups is 2. The van der Waals surface area contributed by atoms with Gasteiger partial charge in [-0.25, -0.2) is 0 Å². The first-order valence-corrected chi connectivity index (χ1v) is 6.56. The largest absolute Gasteiger partial charge is 0.383 e. The quantitative estimate of drug-likeness (QED) is 0.655. The standard InChI is InChI=1S/C15H17N3O3/c1-10-9-13(11-5-3-4-6-12(11)17-10)18-15(20)14(19)16-7-8-21-2/h3-6,9H,7-8H2,1-2H3,(H,16,19)(H,17,18,20). The Morgan fingerprint density at radius 2 is 2.00 bits per heavy atom. The number of anilines is 1. The van der Waals surface area contributed by atoms with Gasteiger partial charge in [-0.1, -0.05) is 18.2 Å². The van der Waals surface area contributed by atoms with Gasteiger partial charge in [0.15, 0.2) is 0 Å². The highest BCUT2D eigenvalue weighted by molar-refractivity contribution is 6.40. The average Bonchev–Trinajstić information content (AvgIpc) is 2.47. The molecule has 0 fully saturated rings. The number of hydrogen-bond acceptors (Lipinski definition) is 4. The normalized spacial score (nSPS) is 10.4. The Morgan fingerprint density at radius 1 is 1.24 bits per heavy atom. The molecule has 21 heavy (non-hydrogen) atoms. The topological polar surface area (TPSA) is 80.3 Å². The summed E-state index contributed by atoms with van der Waals surface area (Å²) in [4.78, 5) is 27.9. The molecule has 2 N–H and O–H groups in total. The first kappa shape index (κ1) is 14.9. The number of benzene rings is 1. The fourth-order valence-corrected chi connectivity index (χ4v) is 1.94. The molecule has 0 aliphatic heterocycles. The van der Waals surface area contributed by atoms with E-state index in [1.807, 2.05) is 31.2 Å². The predicted octanol–water partition coefficient (Wildman–Crippen LogP) is 1.24. The van der Waals surface area contributed by atoms with Gasteiger partial charge in [-0.15, -0.1) is 0 Å². The van der Waals surface area contributed by atoms with Crippen molar-refractivity contribution in [3.05, 3.63) is 36.0 Å². The van der Waals surface area contributed by atoms with Crippen LogP contribution in [0, 0.1) is 6.92 Å². The predicted molar refractivity (Wildman–Crippen MR) is 80.0 cm³/mol. The number of rotatable bonds is 4. The third kappa shape index (κ3) is 3.76. The van der Waals surface area contributed by atoms with Crippen LogP contribution in [0.4, 0.5) is 5.69 Å². The molecule has 0 radical (unpaired) electrons. The highest BCUT2D eigenvalue weighted by atomic mass is 16.5. The number of carbonyl (C=O) groups excluding carboxylic acids is 2. The summed E-state index contributed by atoms with van der Waals surface area (Å²) >= 11 is 0. The van der Waals surface area contributed by atoms with Crippen molar-refractivity contribution in [2.45, 2.75) is 6.92 Å². The molecule has 0 saturated heterocycles. The van der Waals surface area contributed by atoms with Crippen LogP contribution in [-0.4, -0.2) is 37.1 Å². The molecule has 0 saturated carbocycles. The Morgan fingerprint density at radius 3 is 2.76 bits per heavy atom. The molecule has 0 aliphatic carbocycles. The number of fused-ring (bicyclic) bond motifs is 1. The van der Waals surface area contributed by atoms with E-state index in [0.29, 0.717) is 18.8 Å². The van der Waals surface area contributed by atoms with Gasteiger partial charge >= 0.3 is 11.8 Å². The van der Waals surface area contributed by atoms with E-state index in [1.165, 1.54) is 7.11 Å². The molecule has 0 aliphatic rings. The number of hydrogen-bond donors (Lipinski definition) is 2. The fourth-order valence-electron chi connectivity index (χ4n) is 1.94. The number of aryl methyl sites for hydroxylation is 1. The fraction of sp³-hybridized carbons (Fsp3) is 0.267. The van der Waals surface area contributed by atoms with E-state index < -0.39 is 11.8 Å². The molecule has 6 nitrogen and oxygen atoms in total. The number of pyridine rings is 1. The summed E-state index contributed by atoms with van der Waals surface area (Å²) in [6.45, 7) is 2.48. The molecule has 1 aromatic carbocycles. The second kappa shape index (κ2) is 6.81. The summed E-state index contributed by atoms with van der Waals surface area (Å²) in [5.41, 5.74) is 2.11. The third-order valence-electron chi connectivity index (χ3n) is 2.89. The highest BCUT2D eigenvalue weighted by Gasteiger charge is 2.14. The van der Waals surface area contributed by atoms with Crippen LogP contribution >= 0.6 is 0 Å². The van der Waals surface area contributed by atoms with Crippen molar-refractivity contribution >= 4 is 28.4 Å². The monoisotopic (exact) mass is 287 g/mol. The Bertz CT molecular complexity index is 670. The summed E-state index contributed by atoms with van der Waals surface area (Å²) in [6.07, 6.45) is 0. The summed E-state index contributed by atoms with van der Waals surface area (Å²) < 4.78 is 4.81. The van der Waals surface area contributed by atoms with E-state index in [2.05, 4.69) is 15.6 Å². The van der Waals surface area contributed by atoms with E-state index in [1.54, 1.807) is 6.07 Å². The van der Waals surface area contributed by atoms with Gasteiger partial charge in [0.05, 0.1) is 17.8 Å². The highest BCUT2D eigenvalue weighted by Crippen LogP contribution is 2.22. The number of para-hydroxylation sites is 1. The van der Waals surface area contributed by atoms with Gasteiger partial charge in [-0.05, 0) is 19.1 Å². The van der Waals surface area contributed by atoms with Gasteiger partial charge in [-0.2, -0.15) is 0 Å². The SMILES string of the molecule is COCCNC(=O)C(=O)Nc1cc(C)nc2ccccc12. The van der Waals surface area contributed by atoms with E-state index in [9.17, 15) is 9.59 Å². The van der Waals surface area contributed by atoms with Crippen molar-refractivity contribution in [3.8, 4) is 0 Å². The van der Waals surface area contributed by atoms with Crippen LogP contribution in [0.5, 0.6) is 0 Å². The summed E-state index contributed by atoms with van der Waals surface area (Å²) in [5.74, 6) is -1.40. The van der Waals surface area contributed by atoms with Crippen LogP contribution in [0.25, 0.3) is 10.9 Å². The van der Waals surface area contributed by atoms with E-state index in [4.69, 9.17) is 4.74 Å². The number of amides is 2. The molecule has 1 aromatic heterocycles. The molecule has 0 atom stereocenters. The minimum Gasteiger partial charge on any atom is -0.383 e. The first-order chi connectivity index (χ1) is 10.1. The van der Waals surface area contributed by atoms with Crippen LogP contribution in [0.3, 0.4) is 0 Å². The Balaban J connectivity index is 2.15. The average molecular weight is 287 g/mol. The lowest BCUT2D eigenvalue weighted by Crippen LogP contribution is -2.37. The van der Waals surface area contributed by atoms with Gasteiger partial charge in [0.25, 0.3) is 0 Å². The van der Waals surface area contributed by atoms with Gasteiger partial charge in [-0.3, -0.25) is 14.6 Å². The minimum absolute atomic E-state index is 0.291. The number of methoxy groups -OCH3 is 1. The summed E-state index contributed by atoms with van der Waals surface area (Å²) in [7, 11) is 1.53. The second-order valence-corrected chi connectivity index (χ2v) is 4.53. The molecule has 0 spiro atoms. The molecule has 1 heterocycles. The molecular weight excluding hydrogens is 270 g/mol. The number of nitrogens with one attached hydrogen (secondary N) is 2. The smallest absolute Gasteiger partial charge is 0.313 e. The molecule has 2 amide bonds. The van der Waals surface area contributed by atoms with Crippen LogP contribution in [0.15, 0.2) is 30.3 Å². The summed E-state index contributed by atoms with van der Waals surface area (Å²) in [5, 5.41) is 5.89. The maximum absolute atomic E-state index is 11.9. The van der Waals surface area contributed by atoms with Crippen LogP contribution in [0.2, 0.25) is 0 Å². The van der Waals surface area contributed by atoms with Crippen molar-refractivity contribution in [1.82, 2.24) is 10.3 Å².